The van der Waals surface area contributed by atoms with Crippen LogP contribution in [0.2, 0.25) is 0 Å². The highest BCUT2D eigenvalue weighted by atomic mass is 35.5. The molecule has 0 aliphatic heterocycles. The molecule has 0 fully saturated rings. The van der Waals surface area contributed by atoms with Crippen LogP contribution in [0.1, 0.15) is 17.5 Å². The summed E-state index contributed by atoms with van der Waals surface area (Å²) in [5.74, 6) is 0.452. The Bertz CT molecular complexity index is 366. The molecular weight excluding hydrogens is 231 g/mol. The maximum Gasteiger partial charge on any atom is 0.161 e. The van der Waals surface area contributed by atoms with Crippen LogP contribution >= 0.6 is 23.2 Å². The molecule has 1 nitrogen and oxygen atoms in total. The van der Waals surface area contributed by atoms with Crippen LogP contribution in [-0.2, 0) is 4.79 Å². The third kappa shape index (κ3) is 3.37. The van der Waals surface area contributed by atoms with Gasteiger partial charge in [-0.25, -0.2) is 0 Å². The van der Waals surface area contributed by atoms with E-state index < -0.39 is 0 Å². The van der Waals surface area contributed by atoms with Crippen LogP contribution in [0, 0.1) is 6.92 Å². The first-order valence-corrected chi connectivity index (χ1v) is 5.57. The fourth-order valence-corrected chi connectivity index (χ4v) is 1.71. The van der Waals surface area contributed by atoms with Gasteiger partial charge in [-0.1, -0.05) is 41.4 Å². The lowest BCUT2D eigenvalue weighted by Crippen LogP contribution is -1.91. The summed E-state index contributed by atoms with van der Waals surface area (Å²) in [6.45, 7) is 2.01. The fraction of sp³-hybridized carbons (Fsp3) is 0.250. The second-order valence-electron chi connectivity index (χ2n) is 3.25. The van der Waals surface area contributed by atoms with E-state index in [1.54, 1.807) is 0 Å². The average Bonchev–Trinajstić information content (AvgIpc) is 2.26. The van der Waals surface area contributed by atoms with E-state index in [4.69, 9.17) is 23.2 Å². The van der Waals surface area contributed by atoms with Gasteiger partial charge in [0.1, 0.15) is 0 Å². The van der Waals surface area contributed by atoms with Gasteiger partial charge in [0, 0.05) is 5.88 Å². The molecule has 0 N–H and O–H groups in total. The number of carbonyl (C=O) groups excluding carboxylic acids is 1. The lowest BCUT2D eigenvalue weighted by molar-refractivity contribution is -0.104. The number of benzene rings is 1. The summed E-state index contributed by atoms with van der Waals surface area (Å²) in [7, 11) is 0. The Balaban J connectivity index is 3.10. The van der Waals surface area contributed by atoms with Crippen molar-refractivity contribution in [1.82, 2.24) is 0 Å². The zero-order valence-electron chi connectivity index (χ0n) is 8.47. The van der Waals surface area contributed by atoms with Crippen molar-refractivity contribution >= 4 is 35.1 Å². The van der Waals surface area contributed by atoms with Crippen LogP contribution in [0.3, 0.4) is 0 Å². The summed E-state index contributed by atoms with van der Waals surface area (Å²) in [4.78, 5) is 10.6. The van der Waals surface area contributed by atoms with Gasteiger partial charge in [-0.15, -0.1) is 11.6 Å². The summed E-state index contributed by atoms with van der Waals surface area (Å²) >= 11 is 11.5. The van der Waals surface area contributed by atoms with E-state index >= 15 is 0 Å². The second kappa shape index (κ2) is 5.94. The van der Waals surface area contributed by atoms with Crippen LogP contribution in [0.15, 0.2) is 29.3 Å². The standard InChI is InChI=1S/C12H12Cl2O/c1-9-2-4-10(5-3-9)11(6-7-13)12(14)8-15/h2-5,8H,6-7H2,1H3. The van der Waals surface area contributed by atoms with Crippen molar-refractivity contribution in [3.8, 4) is 0 Å². The Morgan fingerprint density at radius 1 is 1.33 bits per heavy atom. The zero-order valence-corrected chi connectivity index (χ0v) is 9.98. The molecule has 0 unspecified atom stereocenters. The number of aldehydes is 1. The van der Waals surface area contributed by atoms with Crippen LogP contribution < -0.4 is 0 Å². The van der Waals surface area contributed by atoms with E-state index in [2.05, 4.69) is 0 Å². The third-order valence-electron chi connectivity index (χ3n) is 2.14. The minimum atomic E-state index is 0.236. The summed E-state index contributed by atoms with van der Waals surface area (Å²) < 4.78 is 0. The Labute approximate surface area is 99.7 Å². The monoisotopic (exact) mass is 242 g/mol. The molecule has 0 bridgehead atoms. The number of rotatable bonds is 4. The largest absolute Gasteiger partial charge is 0.297 e. The molecule has 1 aromatic rings. The molecule has 0 amide bonds. The van der Waals surface area contributed by atoms with Gasteiger partial charge in [-0.3, -0.25) is 4.79 Å². The van der Waals surface area contributed by atoms with Gasteiger partial charge >= 0.3 is 0 Å². The Morgan fingerprint density at radius 2 is 1.93 bits per heavy atom. The van der Waals surface area contributed by atoms with Crippen molar-refractivity contribution in [2.24, 2.45) is 0 Å². The number of allylic oxidation sites excluding steroid dienone is 2. The first kappa shape index (κ1) is 12.3. The third-order valence-corrected chi connectivity index (χ3v) is 2.64. The van der Waals surface area contributed by atoms with Gasteiger partial charge in [0.25, 0.3) is 0 Å². The second-order valence-corrected chi connectivity index (χ2v) is 4.03. The summed E-state index contributed by atoms with van der Waals surface area (Å²) in [6.07, 6.45) is 1.26. The Kier molecular flexibility index (Phi) is 4.86. The lowest BCUT2D eigenvalue weighted by atomic mass is 10.0. The normalized spacial score (nSPS) is 12.2. The van der Waals surface area contributed by atoms with Crippen molar-refractivity contribution < 1.29 is 4.79 Å². The molecule has 80 valence electrons. The quantitative estimate of drug-likeness (QED) is 0.447. The maximum absolute atomic E-state index is 10.6. The van der Waals surface area contributed by atoms with Crippen LogP contribution in [0.5, 0.6) is 0 Å². The highest BCUT2D eigenvalue weighted by molar-refractivity contribution is 6.41. The summed E-state index contributed by atoms with van der Waals surface area (Å²) in [5.41, 5.74) is 2.94. The summed E-state index contributed by atoms with van der Waals surface area (Å²) in [6, 6.07) is 7.86. The molecule has 3 heteroatoms. The predicted molar refractivity (Wildman–Crippen MR) is 65.4 cm³/mol. The van der Waals surface area contributed by atoms with E-state index in [1.165, 1.54) is 5.56 Å². The van der Waals surface area contributed by atoms with E-state index in [-0.39, 0.29) is 5.03 Å². The number of halogens is 2. The van der Waals surface area contributed by atoms with Gasteiger partial charge in [0.2, 0.25) is 0 Å². The van der Waals surface area contributed by atoms with E-state index in [9.17, 15) is 4.79 Å². The number of alkyl halides is 1. The Morgan fingerprint density at radius 3 is 2.40 bits per heavy atom. The Hall–Kier alpha value is -0.790. The molecule has 0 spiro atoms. The van der Waals surface area contributed by atoms with Gasteiger partial charge in [0.15, 0.2) is 6.29 Å². The minimum absolute atomic E-state index is 0.236. The minimum Gasteiger partial charge on any atom is -0.297 e. The predicted octanol–water partition coefficient (Wildman–Crippen LogP) is 3.77. The highest BCUT2D eigenvalue weighted by Gasteiger charge is 2.06. The molecule has 0 saturated heterocycles. The molecule has 0 aliphatic carbocycles. The number of hydrogen-bond donors (Lipinski definition) is 0. The molecule has 0 atom stereocenters. The average molecular weight is 243 g/mol. The van der Waals surface area contributed by atoms with Gasteiger partial charge in [-0.05, 0) is 24.5 Å². The van der Waals surface area contributed by atoms with Crippen LogP contribution in [0.4, 0.5) is 0 Å². The smallest absolute Gasteiger partial charge is 0.161 e. The maximum atomic E-state index is 10.6. The van der Waals surface area contributed by atoms with Crippen LogP contribution in [0.25, 0.3) is 5.57 Å². The van der Waals surface area contributed by atoms with Crippen molar-refractivity contribution in [3.63, 3.8) is 0 Å². The molecule has 0 aliphatic rings. The van der Waals surface area contributed by atoms with Crippen molar-refractivity contribution in [1.29, 1.82) is 0 Å². The van der Waals surface area contributed by atoms with Gasteiger partial charge < -0.3 is 0 Å². The van der Waals surface area contributed by atoms with Crippen molar-refractivity contribution in [2.45, 2.75) is 13.3 Å². The number of carbonyl (C=O) groups is 1. The molecule has 0 radical (unpaired) electrons. The molecule has 15 heavy (non-hydrogen) atoms. The first-order valence-electron chi connectivity index (χ1n) is 4.66. The zero-order chi connectivity index (χ0) is 11.3. The number of hydrogen-bond acceptors (Lipinski definition) is 1. The van der Waals surface area contributed by atoms with Gasteiger partial charge in [-0.2, -0.15) is 0 Å². The van der Waals surface area contributed by atoms with Gasteiger partial charge in [0.05, 0.1) is 5.03 Å². The fourth-order valence-electron chi connectivity index (χ4n) is 1.32. The lowest BCUT2D eigenvalue weighted by Gasteiger charge is -2.06. The first-order chi connectivity index (χ1) is 7.19. The molecule has 1 aromatic carbocycles. The summed E-state index contributed by atoms with van der Waals surface area (Å²) in [5, 5.41) is 0.236. The molecule has 0 aromatic heterocycles. The topological polar surface area (TPSA) is 17.1 Å². The molecular formula is C12H12Cl2O. The molecule has 1 rings (SSSR count). The number of aryl methyl sites for hydroxylation is 1. The molecule has 0 saturated carbocycles. The molecule has 0 heterocycles. The van der Waals surface area contributed by atoms with E-state index in [0.29, 0.717) is 18.6 Å². The van der Waals surface area contributed by atoms with Crippen molar-refractivity contribution in [3.05, 3.63) is 40.4 Å². The van der Waals surface area contributed by atoms with Crippen molar-refractivity contribution in [2.75, 3.05) is 5.88 Å². The van der Waals surface area contributed by atoms with E-state index in [1.807, 2.05) is 31.2 Å². The highest BCUT2D eigenvalue weighted by Crippen LogP contribution is 2.24. The SMILES string of the molecule is Cc1ccc(C(CCCl)=C(Cl)C=O)cc1. The van der Waals surface area contributed by atoms with Crippen LogP contribution in [-0.4, -0.2) is 12.2 Å². The van der Waals surface area contributed by atoms with E-state index in [0.717, 1.165) is 11.1 Å².